The number of nitrogens with zero attached hydrogens (tertiary/aromatic N) is 3. The van der Waals surface area contributed by atoms with Gasteiger partial charge in [0.25, 0.3) is 0 Å². The first-order valence-electron chi connectivity index (χ1n) is 6.20. The van der Waals surface area contributed by atoms with Crippen molar-refractivity contribution in [3.63, 3.8) is 0 Å². The SMILES string of the molecule is COc1ccccc1Cc1nc2cc(C)ccn2n1. The molecule has 0 aliphatic carbocycles. The van der Waals surface area contributed by atoms with Crippen LogP contribution in [0.1, 0.15) is 17.0 Å². The van der Waals surface area contributed by atoms with Gasteiger partial charge in [-0.25, -0.2) is 9.50 Å². The van der Waals surface area contributed by atoms with Gasteiger partial charge in [0.15, 0.2) is 11.5 Å². The molecule has 96 valence electrons. The Morgan fingerprint density at radius 2 is 2.05 bits per heavy atom. The third-order valence-corrected chi connectivity index (χ3v) is 3.08. The quantitative estimate of drug-likeness (QED) is 0.720. The number of aryl methyl sites for hydroxylation is 1. The molecule has 0 saturated carbocycles. The first-order chi connectivity index (χ1) is 9.26. The standard InChI is InChI=1S/C15H15N3O/c1-11-7-8-18-15(9-11)16-14(17-18)10-12-5-3-4-6-13(12)19-2/h3-9H,10H2,1-2H3. The molecule has 3 rings (SSSR count). The average Bonchev–Trinajstić information content (AvgIpc) is 2.80. The lowest BCUT2D eigenvalue weighted by Gasteiger charge is -2.05. The van der Waals surface area contributed by atoms with Gasteiger partial charge in [0.05, 0.1) is 7.11 Å². The van der Waals surface area contributed by atoms with Crippen molar-refractivity contribution in [1.82, 2.24) is 14.6 Å². The van der Waals surface area contributed by atoms with Crippen LogP contribution in [0.25, 0.3) is 5.65 Å². The van der Waals surface area contributed by atoms with E-state index in [4.69, 9.17) is 4.74 Å². The minimum atomic E-state index is 0.671. The molecule has 0 fully saturated rings. The summed E-state index contributed by atoms with van der Waals surface area (Å²) in [5, 5.41) is 4.47. The first-order valence-corrected chi connectivity index (χ1v) is 6.20. The lowest BCUT2D eigenvalue weighted by Crippen LogP contribution is -1.95. The molecule has 0 unspecified atom stereocenters. The predicted octanol–water partition coefficient (Wildman–Crippen LogP) is 2.64. The molecular formula is C15H15N3O. The molecule has 0 aliphatic heterocycles. The molecule has 0 amide bonds. The second-order valence-electron chi connectivity index (χ2n) is 4.52. The highest BCUT2D eigenvalue weighted by Gasteiger charge is 2.08. The van der Waals surface area contributed by atoms with Crippen LogP contribution in [0.2, 0.25) is 0 Å². The molecule has 2 aromatic heterocycles. The molecular weight excluding hydrogens is 238 g/mol. The Morgan fingerprint density at radius 3 is 2.89 bits per heavy atom. The predicted molar refractivity (Wildman–Crippen MR) is 73.5 cm³/mol. The lowest BCUT2D eigenvalue weighted by molar-refractivity contribution is 0.410. The summed E-state index contributed by atoms with van der Waals surface area (Å²) in [7, 11) is 1.68. The zero-order valence-corrected chi connectivity index (χ0v) is 11.0. The van der Waals surface area contributed by atoms with Gasteiger partial charge in [-0.05, 0) is 30.7 Å². The Kier molecular flexibility index (Phi) is 2.91. The highest BCUT2D eigenvalue weighted by Crippen LogP contribution is 2.20. The number of pyridine rings is 1. The Morgan fingerprint density at radius 1 is 1.21 bits per heavy atom. The van der Waals surface area contributed by atoms with Crippen LogP contribution in [0.15, 0.2) is 42.6 Å². The van der Waals surface area contributed by atoms with E-state index >= 15 is 0 Å². The molecule has 0 aliphatic rings. The summed E-state index contributed by atoms with van der Waals surface area (Å²) >= 11 is 0. The van der Waals surface area contributed by atoms with E-state index in [0.717, 1.165) is 22.8 Å². The fraction of sp³-hybridized carbons (Fsp3) is 0.200. The van der Waals surface area contributed by atoms with Gasteiger partial charge in [-0.2, -0.15) is 5.10 Å². The Bertz CT molecular complexity index is 718. The number of hydrogen-bond acceptors (Lipinski definition) is 3. The van der Waals surface area contributed by atoms with Gasteiger partial charge < -0.3 is 4.74 Å². The number of hydrogen-bond donors (Lipinski definition) is 0. The van der Waals surface area contributed by atoms with E-state index in [1.54, 1.807) is 11.6 Å². The van der Waals surface area contributed by atoms with E-state index in [9.17, 15) is 0 Å². The molecule has 0 saturated heterocycles. The molecule has 3 aromatic rings. The number of methoxy groups -OCH3 is 1. The van der Waals surface area contributed by atoms with Crippen LogP contribution >= 0.6 is 0 Å². The molecule has 0 spiro atoms. The van der Waals surface area contributed by atoms with Gasteiger partial charge in [-0.3, -0.25) is 0 Å². The molecule has 0 atom stereocenters. The van der Waals surface area contributed by atoms with E-state index in [1.165, 1.54) is 5.56 Å². The maximum absolute atomic E-state index is 5.35. The van der Waals surface area contributed by atoms with Crippen molar-refractivity contribution >= 4 is 5.65 Å². The summed E-state index contributed by atoms with van der Waals surface area (Å²) in [5.41, 5.74) is 3.16. The summed E-state index contributed by atoms with van der Waals surface area (Å²) in [6.07, 6.45) is 2.61. The minimum Gasteiger partial charge on any atom is -0.496 e. The zero-order chi connectivity index (χ0) is 13.2. The Labute approximate surface area is 111 Å². The summed E-state index contributed by atoms with van der Waals surface area (Å²) in [5.74, 6) is 1.67. The average molecular weight is 253 g/mol. The monoisotopic (exact) mass is 253 g/mol. The number of ether oxygens (including phenoxy) is 1. The van der Waals surface area contributed by atoms with Crippen LogP contribution in [-0.2, 0) is 6.42 Å². The molecule has 4 nitrogen and oxygen atoms in total. The topological polar surface area (TPSA) is 39.4 Å². The number of para-hydroxylation sites is 1. The van der Waals surface area contributed by atoms with Crippen LogP contribution in [0.3, 0.4) is 0 Å². The minimum absolute atomic E-state index is 0.671. The number of fused-ring (bicyclic) bond motifs is 1. The van der Waals surface area contributed by atoms with Crippen molar-refractivity contribution in [2.24, 2.45) is 0 Å². The van der Waals surface area contributed by atoms with E-state index in [0.29, 0.717) is 6.42 Å². The van der Waals surface area contributed by atoms with Crippen molar-refractivity contribution in [3.8, 4) is 5.75 Å². The molecule has 2 heterocycles. The van der Waals surface area contributed by atoms with E-state index in [2.05, 4.69) is 17.0 Å². The summed E-state index contributed by atoms with van der Waals surface area (Å²) in [6.45, 7) is 2.05. The normalized spacial score (nSPS) is 10.8. The fourth-order valence-corrected chi connectivity index (χ4v) is 2.12. The van der Waals surface area contributed by atoms with Gasteiger partial charge in [0, 0.05) is 18.2 Å². The van der Waals surface area contributed by atoms with Gasteiger partial charge in [-0.1, -0.05) is 18.2 Å². The smallest absolute Gasteiger partial charge is 0.156 e. The molecule has 0 N–H and O–H groups in total. The van der Waals surface area contributed by atoms with Crippen LogP contribution in [0.4, 0.5) is 0 Å². The maximum Gasteiger partial charge on any atom is 0.156 e. The summed E-state index contributed by atoms with van der Waals surface area (Å²) in [4.78, 5) is 4.54. The van der Waals surface area contributed by atoms with Gasteiger partial charge in [-0.15, -0.1) is 0 Å². The van der Waals surface area contributed by atoms with Crippen molar-refractivity contribution in [3.05, 3.63) is 59.5 Å². The molecule has 0 bridgehead atoms. The van der Waals surface area contributed by atoms with Crippen LogP contribution in [0, 0.1) is 6.92 Å². The van der Waals surface area contributed by atoms with Crippen molar-refractivity contribution < 1.29 is 4.74 Å². The van der Waals surface area contributed by atoms with E-state index in [1.807, 2.05) is 42.6 Å². The Hall–Kier alpha value is -2.36. The van der Waals surface area contributed by atoms with Crippen LogP contribution in [0.5, 0.6) is 5.75 Å². The van der Waals surface area contributed by atoms with Crippen molar-refractivity contribution in [2.75, 3.05) is 7.11 Å². The number of benzene rings is 1. The molecule has 1 aromatic carbocycles. The third-order valence-electron chi connectivity index (χ3n) is 3.08. The number of rotatable bonds is 3. The summed E-state index contributed by atoms with van der Waals surface area (Å²) in [6, 6.07) is 12.0. The zero-order valence-electron chi connectivity index (χ0n) is 11.0. The second-order valence-corrected chi connectivity index (χ2v) is 4.52. The first kappa shape index (κ1) is 11.7. The maximum atomic E-state index is 5.35. The van der Waals surface area contributed by atoms with Gasteiger partial charge >= 0.3 is 0 Å². The summed E-state index contributed by atoms with van der Waals surface area (Å²) < 4.78 is 7.15. The second kappa shape index (κ2) is 4.72. The van der Waals surface area contributed by atoms with Gasteiger partial charge in [0.1, 0.15) is 5.75 Å². The molecule has 19 heavy (non-hydrogen) atoms. The Balaban J connectivity index is 1.96. The van der Waals surface area contributed by atoms with Crippen LogP contribution < -0.4 is 4.74 Å². The third kappa shape index (κ3) is 2.29. The van der Waals surface area contributed by atoms with E-state index in [-0.39, 0.29) is 0 Å². The molecule has 4 heteroatoms. The van der Waals surface area contributed by atoms with Crippen molar-refractivity contribution in [1.29, 1.82) is 0 Å². The largest absolute Gasteiger partial charge is 0.496 e. The van der Waals surface area contributed by atoms with Crippen molar-refractivity contribution in [2.45, 2.75) is 13.3 Å². The van der Waals surface area contributed by atoms with E-state index < -0.39 is 0 Å². The number of aromatic nitrogens is 3. The fourth-order valence-electron chi connectivity index (χ4n) is 2.12. The van der Waals surface area contributed by atoms with Gasteiger partial charge in [0.2, 0.25) is 0 Å². The molecule has 0 radical (unpaired) electrons. The highest BCUT2D eigenvalue weighted by molar-refractivity contribution is 5.41. The lowest BCUT2D eigenvalue weighted by atomic mass is 10.1. The van der Waals surface area contributed by atoms with Crippen LogP contribution in [-0.4, -0.2) is 21.7 Å². The highest BCUT2D eigenvalue weighted by atomic mass is 16.5.